The SMILES string of the molecule is CC[C@H](C)[C@@H]([C@@H](CC(N)=O)OC)N(C)C(=O)[C@H](C)NC(=O)[C@H](C(C)C)N(C)N(C)C(=O)OCc1ccc(NC(=O)[C@H](CCCNC(N)=O)NC(=O)[C@H](C)N)cc1. The Balaban J connectivity index is 2.93. The molecule has 1 aromatic rings. The van der Waals surface area contributed by atoms with Gasteiger partial charge < -0.3 is 52.8 Å². The van der Waals surface area contributed by atoms with Crippen LogP contribution >= 0.6 is 0 Å². The summed E-state index contributed by atoms with van der Waals surface area (Å²) >= 11 is 0. The van der Waals surface area contributed by atoms with Crippen molar-refractivity contribution < 1.29 is 43.0 Å². The number of anilines is 1. The van der Waals surface area contributed by atoms with Crippen molar-refractivity contribution in [1.29, 1.82) is 0 Å². The zero-order chi connectivity index (χ0) is 42.9. The number of hydrogen-bond acceptors (Lipinski definition) is 11. The molecule has 1 rings (SSSR count). The van der Waals surface area contributed by atoms with Gasteiger partial charge in [0, 0.05) is 40.5 Å². The van der Waals surface area contributed by atoms with Crippen molar-refractivity contribution in [3.8, 4) is 0 Å². The summed E-state index contributed by atoms with van der Waals surface area (Å²) in [5.41, 5.74) is 17.2. The van der Waals surface area contributed by atoms with Crippen LogP contribution in [-0.4, -0.2) is 128 Å². The van der Waals surface area contributed by atoms with E-state index in [1.807, 2.05) is 13.8 Å². The summed E-state index contributed by atoms with van der Waals surface area (Å²) in [4.78, 5) is 89.7. The minimum atomic E-state index is -0.949. The number of nitrogens with zero attached hydrogens (tertiary/aromatic N) is 3. The van der Waals surface area contributed by atoms with E-state index in [0.717, 1.165) is 0 Å². The summed E-state index contributed by atoms with van der Waals surface area (Å²) in [7, 11) is 6.08. The van der Waals surface area contributed by atoms with E-state index in [9.17, 15) is 33.6 Å². The maximum atomic E-state index is 13.6. The Morgan fingerprint density at radius 3 is 1.96 bits per heavy atom. The predicted molar refractivity (Wildman–Crippen MR) is 210 cm³/mol. The number of likely N-dealkylation sites (N-methyl/N-ethyl adjacent to an activating group) is 2. The maximum Gasteiger partial charge on any atom is 0.424 e. The highest BCUT2D eigenvalue weighted by Crippen LogP contribution is 2.22. The molecular weight excluding hydrogens is 728 g/mol. The second-order valence-corrected chi connectivity index (χ2v) is 14.3. The first kappa shape index (κ1) is 49.0. The number of urea groups is 1. The largest absolute Gasteiger partial charge is 0.444 e. The number of primary amides is 2. The van der Waals surface area contributed by atoms with Gasteiger partial charge in [-0.25, -0.2) is 19.6 Å². The lowest BCUT2D eigenvalue weighted by Gasteiger charge is -2.39. The zero-order valence-corrected chi connectivity index (χ0v) is 34.4. The summed E-state index contributed by atoms with van der Waals surface area (Å²) in [6.07, 6.45) is -0.184. The third kappa shape index (κ3) is 15.6. The first-order chi connectivity index (χ1) is 26.2. The Kier molecular flexibility index (Phi) is 20.8. The van der Waals surface area contributed by atoms with Crippen LogP contribution in [0.15, 0.2) is 24.3 Å². The molecule has 0 spiro atoms. The Bertz CT molecular complexity index is 1480. The van der Waals surface area contributed by atoms with Crippen LogP contribution in [0.1, 0.15) is 72.8 Å². The van der Waals surface area contributed by atoms with Crippen LogP contribution in [0.5, 0.6) is 0 Å². The van der Waals surface area contributed by atoms with Crippen LogP contribution in [-0.2, 0) is 40.1 Å². The van der Waals surface area contributed by atoms with Gasteiger partial charge in [0.1, 0.15) is 24.7 Å². The van der Waals surface area contributed by atoms with Crippen molar-refractivity contribution in [2.24, 2.45) is 29.0 Å². The summed E-state index contributed by atoms with van der Waals surface area (Å²) < 4.78 is 11.1. The second-order valence-electron chi connectivity index (χ2n) is 14.3. The molecule has 0 bridgehead atoms. The predicted octanol–water partition coefficient (Wildman–Crippen LogP) is 0.614. The number of carbonyl (C=O) groups excluding carboxylic acids is 7. The fourth-order valence-corrected chi connectivity index (χ4v) is 6.05. The molecular formula is C37H64N10O9. The molecule has 0 aliphatic heterocycles. The standard InChI is InChI=1S/C37H64N10O9/c1-11-22(4)31(28(55-10)19-29(39)48)45(7)35(52)24(6)42-34(51)30(21(2)3)46(8)47(9)37(54)56-20-25-14-16-26(17-15-25)43-33(50)27(44-32(49)23(5)38)13-12-18-41-36(40)53/h14-17,21-24,27-28,30-31H,11-13,18-20,38H2,1-10H3,(H2,39,48)(H,42,51)(H,43,50)(H,44,49)(H3,40,41,53)/t22-,23-,24-,27-,28+,30-,31-/m0/s1. The topological polar surface area (TPSA) is 274 Å². The average molecular weight is 793 g/mol. The maximum absolute atomic E-state index is 13.6. The summed E-state index contributed by atoms with van der Waals surface area (Å²) in [6.45, 7) is 10.7. The third-order valence-corrected chi connectivity index (χ3v) is 9.48. The average Bonchev–Trinajstić information content (AvgIpc) is 3.13. The quantitative estimate of drug-likeness (QED) is 0.0596. The fraction of sp³-hybridized carbons (Fsp3) is 0.649. The Morgan fingerprint density at radius 1 is 0.857 bits per heavy atom. The van der Waals surface area contributed by atoms with Crippen LogP contribution in [0.2, 0.25) is 0 Å². The van der Waals surface area contributed by atoms with Crippen molar-refractivity contribution >= 4 is 47.3 Å². The number of rotatable bonds is 23. The molecule has 0 unspecified atom stereocenters. The molecule has 56 heavy (non-hydrogen) atoms. The molecule has 0 fully saturated rings. The van der Waals surface area contributed by atoms with E-state index in [1.165, 1.54) is 36.0 Å². The van der Waals surface area contributed by atoms with Crippen LogP contribution < -0.4 is 38.5 Å². The molecule has 0 radical (unpaired) electrons. The number of benzene rings is 1. The van der Waals surface area contributed by atoms with Gasteiger partial charge in [-0.3, -0.25) is 24.0 Å². The van der Waals surface area contributed by atoms with Gasteiger partial charge in [0.15, 0.2) is 0 Å². The number of nitrogens with one attached hydrogen (secondary N) is 4. The van der Waals surface area contributed by atoms with Gasteiger partial charge >= 0.3 is 12.1 Å². The van der Waals surface area contributed by atoms with E-state index >= 15 is 0 Å². The normalized spacial score (nSPS) is 14.9. The molecule has 0 saturated heterocycles. The highest BCUT2D eigenvalue weighted by atomic mass is 16.6. The van der Waals surface area contributed by atoms with Gasteiger partial charge in [-0.15, -0.1) is 0 Å². The molecule has 0 heterocycles. The minimum absolute atomic E-state index is 0.0429. The van der Waals surface area contributed by atoms with Crippen molar-refractivity contribution in [2.45, 2.75) is 110 Å². The molecule has 10 N–H and O–H groups in total. The van der Waals surface area contributed by atoms with Gasteiger partial charge in [-0.2, -0.15) is 0 Å². The Labute approximate surface area is 330 Å². The smallest absolute Gasteiger partial charge is 0.424 e. The molecule has 19 nitrogen and oxygen atoms in total. The molecule has 7 atom stereocenters. The summed E-state index contributed by atoms with van der Waals surface area (Å²) in [5, 5.41) is 13.2. The van der Waals surface area contributed by atoms with Gasteiger partial charge in [-0.05, 0) is 56.2 Å². The van der Waals surface area contributed by atoms with Crippen molar-refractivity contribution in [3.63, 3.8) is 0 Å². The van der Waals surface area contributed by atoms with E-state index < -0.39 is 72.1 Å². The van der Waals surface area contributed by atoms with Crippen LogP contribution in [0.25, 0.3) is 0 Å². The summed E-state index contributed by atoms with van der Waals surface area (Å²) in [5.74, 6) is -2.78. The molecule has 19 heteroatoms. The number of nitrogens with two attached hydrogens (primary N) is 3. The minimum Gasteiger partial charge on any atom is -0.444 e. The van der Waals surface area contributed by atoms with E-state index in [-0.39, 0.29) is 43.7 Å². The lowest BCUT2D eigenvalue weighted by Crippen LogP contribution is -2.59. The Hall–Kier alpha value is -5.01. The molecule has 0 aromatic heterocycles. The second kappa shape index (κ2) is 23.8. The lowest BCUT2D eigenvalue weighted by molar-refractivity contribution is -0.144. The van der Waals surface area contributed by atoms with Crippen LogP contribution in [0, 0.1) is 11.8 Å². The molecule has 0 aliphatic rings. The van der Waals surface area contributed by atoms with E-state index in [1.54, 1.807) is 59.1 Å². The van der Waals surface area contributed by atoms with Gasteiger partial charge in [0.2, 0.25) is 29.5 Å². The molecule has 316 valence electrons. The van der Waals surface area contributed by atoms with E-state index in [4.69, 9.17) is 26.7 Å². The molecule has 1 aromatic carbocycles. The van der Waals surface area contributed by atoms with Gasteiger partial charge in [0.05, 0.1) is 24.6 Å². The monoisotopic (exact) mass is 792 g/mol. The number of hydrogen-bond donors (Lipinski definition) is 7. The molecule has 8 amide bonds. The number of carbonyl (C=O) groups is 7. The van der Waals surface area contributed by atoms with E-state index in [0.29, 0.717) is 24.1 Å². The van der Waals surface area contributed by atoms with E-state index in [2.05, 4.69) is 21.3 Å². The zero-order valence-electron chi connectivity index (χ0n) is 34.4. The Morgan fingerprint density at radius 2 is 1.46 bits per heavy atom. The van der Waals surface area contributed by atoms with Crippen molar-refractivity contribution in [3.05, 3.63) is 29.8 Å². The highest BCUT2D eigenvalue weighted by molar-refractivity contribution is 5.97. The van der Waals surface area contributed by atoms with Crippen LogP contribution in [0.3, 0.4) is 0 Å². The highest BCUT2D eigenvalue weighted by Gasteiger charge is 2.37. The first-order valence-corrected chi connectivity index (χ1v) is 18.7. The third-order valence-electron chi connectivity index (χ3n) is 9.48. The van der Waals surface area contributed by atoms with Gasteiger partial charge in [0.25, 0.3) is 0 Å². The first-order valence-electron chi connectivity index (χ1n) is 18.7. The van der Waals surface area contributed by atoms with Crippen molar-refractivity contribution in [1.82, 2.24) is 30.9 Å². The van der Waals surface area contributed by atoms with Crippen LogP contribution in [0.4, 0.5) is 15.3 Å². The molecule has 0 aliphatic carbocycles. The number of ether oxygens (including phenoxy) is 2. The lowest BCUT2D eigenvalue weighted by atomic mass is 9.90. The number of methoxy groups -OCH3 is 1. The van der Waals surface area contributed by atoms with Gasteiger partial charge in [-0.1, -0.05) is 46.2 Å². The fourth-order valence-electron chi connectivity index (χ4n) is 6.05. The molecule has 0 saturated carbocycles. The number of amides is 8. The number of hydrazine groups is 1. The van der Waals surface area contributed by atoms with Crippen molar-refractivity contribution in [2.75, 3.05) is 40.1 Å². The summed E-state index contributed by atoms with van der Waals surface area (Å²) in [6, 6.07) is 1.73.